The molecule has 10 heteroatoms. The van der Waals surface area contributed by atoms with E-state index in [4.69, 9.17) is 13.8 Å². The van der Waals surface area contributed by atoms with Gasteiger partial charge >= 0.3 is 5.97 Å². The third kappa shape index (κ3) is 62.6. The molecule has 0 rings (SSSR count). The molecule has 0 aromatic heterocycles. The van der Waals surface area contributed by atoms with Crippen LogP contribution in [0.3, 0.4) is 0 Å². The van der Waals surface area contributed by atoms with Crippen LogP contribution in [0, 0.1) is 0 Å². The number of rotatable bonds is 65. The Labute approximate surface area is 504 Å². The highest BCUT2D eigenvalue weighted by molar-refractivity contribution is 7.45. The number of ether oxygens (including phenoxy) is 1. The molecule has 0 aliphatic rings. The van der Waals surface area contributed by atoms with E-state index in [1.54, 1.807) is 0 Å². The number of nitrogens with zero attached hydrogens (tertiary/aromatic N) is 1. The Bertz CT molecular complexity index is 1480. The van der Waals surface area contributed by atoms with Crippen molar-refractivity contribution in [1.29, 1.82) is 0 Å². The molecular weight excluding hydrogens is 1020 g/mol. The topological polar surface area (TPSA) is 114 Å². The van der Waals surface area contributed by atoms with E-state index in [-0.39, 0.29) is 31.5 Å². The molecular formula is C71H137N2O7P. The Hall–Kier alpha value is -1.77. The summed E-state index contributed by atoms with van der Waals surface area (Å²) in [5, 5.41) is 3.05. The number of allylic oxidation sites excluding steroid dienone is 5. The minimum Gasteiger partial charge on any atom is -0.756 e. The second kappa shape index (κ2) is 61.3. The molecule has 81 heavy (non-hydrogen) atoms. The van der Waals surface area contributed by atoms with Gasteiger partial charge in [-0.15, -0.1) is 0 Å². The Kier molecular flexibility index (Phi) is 60.0. The molecule has 1 N–H and O–H groups in total. The van der Waals surface area contributed by atoms with Gasteiger partial charge in [0.25, 0.3) is 7.82 Å². The highest BCUT2D eigenvalue weighted by atomic mass is 31.2. The molecule has 0 bridgehead atoms. The standard InChI is InChI=1S/C71H137N2O7P/c1-7-10-13-16-19-22-25-28-30-32-33-34-35-36-37-38-39-41-42-45-48-51-54-57-60-63-70(74)72-68(67-79-81(76,77)78-66-65-73(4,5)6)69(62-59-56-53-50-47-44-27-24-21-18-15-12-9-3)80-71(75)64-61-58-55-52-49-46-43-40-31-29-26-23-20-17-14-11-8-2/h19,22,28,30,59,62,68-69H,7-18,20-21,23-27,29,31-58,60-61,63-67H2,1-6H3,(H-,72,74,76,77)/b22-19-,30-28-,62-59-. The van der Waals surface area contributed by atoms with Crippen molar-refractivity contribution < 1.29 is 37.3 Å². The maximum absolute atomic E-state index is 13.6. The van der Waals surface area contributed by atoms with Crippen LogP contribution in [-0.2, 0) is 27.9 Å². The number of phosphoric ester groups is 1. The van der Waals surface area contributed by atoms with E-state index < -0.39 is 20.0 Å². The van der Waals surface area contributed by atoms with E-state index in [1.807, 2.05) is 33.3 Å². The molecule has 0 saturated carbocycles. The number of likely N-dealkylation sites (N-methyl/N-ethyl adjacent to an activating group) is 1. The van der Waals surface area contributed by atoms with Crippen molar-refractivity contribution in [2.75, 3.05) is 40.9 Å². The quantitative estimate of drug-likeness (QED) is 0.0212. The van der Waals surface area contributed by atoms with Crippen molar-refractivity contribution in [2.24, 2.45) is 0 Å². The number of esters is 1. The summed E-state index contributed by atoms with van der Waals surface area (Å²) >= 11 is 0. The SMILES string of the molecule is CCCCC/C=C\C/C=C\CCCCCCCCCCCCCCCCCC(=O)NC(COP(=O)([O-])OCC[N+](C)(C)C)C(/C=C\CCCCCCCCCCCCC)OC(=O)CCCCCCCCCCCCCCCCCCC. The van der Waals surface area contributed by atoms with Crippen LogP contribution in [-0.4, -0.2) is 69.4 Å². The van der Waals surface area contributed by atoms with Crippen LogP contribution in [0.2, 0.25) is 0 Å². The van der Waals surface area contributed by atoms with Crippen molar-refractivity contribution in [1.82, 2.24) is 5.32 Å². The van der Waals surface area contributed by atoms with E-state index in [2.05, 4.69) is 50.4 Å². The number of carbonyl (C=O) groups excluding carboxylic acids is 2. The maximum Gasteiger partial charge on any atom is 0.306 e. The lowest BCUT2D eigenvalue weighted by Gasteiger charge is -2.30. The van der Waals surface area contributed by atoms with Crippen LogP contribution in [0.4, 0.5) is 0 Å². The zero-order valence-electron chi connectivity index (χ0n) is 54.8. The van der Waals surface area contributed by atoms with Crippen molar-refractivity contribution in [3.63, 3.8) is 0 Å². The lowest BCUT2D eigenvalue weighted by molar-refractivity contribution is -0.870. The summed E-state index contributed by atoms with van der Waals surface area (Å²) in [6, 6.07) is -0.884. The van der Waals surface area contributed by atoms with Gasteiger partial charge < -0.3 is 28.5 Å². The van der Waals surface area contributed by atoms with Crippen LogP contribution >= 0.6 is 7.82 Å². The number of phosphoric acid groups is 1. The number of nitrogens with one attached hydrogen (secondary N) is 1. The monoisotopic (exact) mass is 1160 g/mol. The van der Waals surface area contributed by atoms with Crippen molar-refractivity contribution >= 4 is 19.7 Å². The number of hydrogen-bond acceptors (Lipinski definition) is 7. The third-order valence-electron chi connectivity index (χ3n) is 16.1. The Balaban J connectivity index is 5.06. The lowest BCUT2D eigenvalue weighted by Crippen LogP contribution is -2.47. The number of hydrogen-bond donors (Lipinski definition) is 1. The third-order valence-corrected chi connectivity index (χ3v) is 17.0. The fourth-order valence-electron chi connectivity index (χ4n) is 10.6. The van der Waals surface area contributed by atoms with E-state index >= 15 is 0 Å². The van der Waals surface area contributed by atoms with Gasteiger partial charge in [0.2, 0.25) is 5.91 Å². The molecule has 9 nitrogen and oxygen atoms in total. The molecule has 0 heterocycles. The second-order valence-corrected chi connectivity index (χ2v) is 26.8. The van der Waals surface area contributed by atoms with Gasteiger partial charge in [0.05, 0.1) is 33.8 Å². The number of amides is 1. The first-order valence-corrected chi connectivity index (χ1v) is 36.8. The predicted octanol–water partition coefficient (Wildman–Crippen LogP) is 21.6. The molecule has 3 unspecified atom stereocenters. The van der Waals surface area contributed by atoms with E-state index in [1.165, 1.54) is 257 Å². The molecule has 0 saturated heterocycles. The van der Waals surface area contributed by atoms with Gasteiger partial charge in [-0.3, -0.25) is 14.2 Å². The Morgan fingerprint density at radius 3 is 1.14 bits per heavy atom. The molecule has 0 aliphatic carbocycles. The summed E-state index contributed by atoms with van der Waals surface area (Å²) < 4.78 is 30.5. The van der Waals surface area contributed by atoms with Crippen LogP contribution in [0.1, 0.15) is 355 Å². The molecule has 0 aromatic rings. The highest BCUT2D eigenvalue weighted by Gasteiger charge is 2.27. The van der Waals surface area contributed by atoms with Crippen molar-refractivity contribution in [3.05, 3.63) is 36.5 Å². The average Bonchev–Trinajstić information content (AvgIpc) is 3.44. The summed E-state index contributed by atoms with van der Waals surface area (Å²) in [7, 11) is 1.20. The van der Waals surface area contributed by atoms with Gasteiger partial charge in [0, 0.05) is 12.8 Å². The molecule has 3 atom stereocenters. The van der Waals surface area contributed by atoms with Crippen LogP contribution < -0.4 is 10.2 Å². The minimum absolute atomic E-state index is 0.0189. The minimum atomic E-state index is -4.70. The van der Waals surface area contributed by atoms with Crippen molar-refractivity contribution in [3.8, 4) is 0 Å². The summed E-state index contributed by atoms with van der Waals surface area (Å²) in [5.74, 6) is -0.520. The molecule has 0 spiro atoms. The fraction of sp³-hybridized carbons (Fsp3) is 0.887. The fourth-order valence-corrected chi connectivity index (χ4v) is 11.3. The zero-order chi connectivity index (χ0) is 59.3. The van der Waals surface area contributed by atoms with Gasteiger partial charge in [-0.05, 0) is 63.9 Å². The normalized spacial score (nSPS) is 13.7. The molecule has 0 aromatic carbocycles. The van der Waals surface area contributed by atoms with Crippen molar-refractivity contribution in [2.45, 2.75) is 367 Å². The van der Waals surface area contributed by atoms with Gasteiger partial charge in [0.15, 0.2) is 0 Å². The molecule has 0 fully saturated rings. The second-order valence-electron chi connectivity index (χ2n) is 25.4. The first-order chi connectivity index (χ1) is 39.4. The summed E-state index contributed by atoms with van der Waals surface area (Å²) in [6.45, 7) is 6.88. The molecule has 0 aliphatic heterocycles. The zero-order valence-corrected chi connectivity index (χ0v) is 55.7. The van der Waals surface area contributed by atoms with E-state index in [0.717, 1.165) is 64.2 Å². The lowest BCUT2D eigenvalue weighted by atomic mass is 10.0. The van der Waals surface area contributed by atoms with Gasteiger partial charge in [-0.1, -0.05) is 314 Å². The van der Waals surface area contributed by atoms with Crippen LogP contribution in [0.25, 0.3) is 0 Å². The largest absolute Gasteiger partial charge is 0.756 e. The van der Waals surface area contributed by atoms with Crippen LogP contribution in [0.15, 0.2) is 36.5 Å². The number of quaternary nitrogens is 1. The maximum atomic E-state index is 13.6. The average molecular weight is 1160 g/mol. The number of unbranched alkanes of at least 4 members (excludes halogenated alkanes) is 45. The molecule has 0 radical (unpaired) electrons. The smallest absolute Gasteiger partial charge is 0.306 e. The Morgan fingerprint density at radius 2 is 0.753 bits per heavy atom. The molecule has 478 valence electrons. The predicted molar refractivity (Wildman–Crippen MR) is 349 cm³/mol. The van der Waals surface area contributed by atoms with Crippen LogP contribution in [0.5, 0.6) is 0 Å². The summed E-state index contributed by atoms with van der Waals surface area (Å²) in [6.07, 6.45) is 75.5. The van der Waals surface area contributed by atoms with E-state index in [0.29, 0.717) is 17.4 Å². The Morgan fingerprint density at radius 1 is 0.432 bits per heavy atom. The first-order valence-electron chi connectivity index (χ1n) is 35.3. The first kappa shape index (κ1) is 79.2. The summed E-state index contributed by atoms with van der Waals surface area (Å²) in [5.41, 5.74) is 0. The number of carbonyl (C=O) groups is 2. The highest BCUT2D eigenvalue weighted by Crippen LogP contribution is 2.38. The van der Waals surface area contributed by atoms with E-state index in [9.17, 15) is 19.0 Å². The van der Waals surface area contributed by atoms with Gasteiger partial charge in [-0.2, -0.15) is 0 Å². The van der Waals surface area contributed by atoms with Gasteiger partial charge in [0.1, 0.15) is 19.3 Å². The summed E-state index contributed by atoms with van der Waals surface area (Å²) in [4.78, 5) is 40.2. The molecule has 1 amide bonds. The van der Waals surface area contributed by atoms with Gasteiger partial charge in [-0.25, -0.2) is 0 Å².